The predicted octanol–water partition coefficient (Wildman–Crippen LogP) is 5.88. The third-order valence-corrected chi connectivity index (χ3v) is 5.62. The SMILES string of the molecule is C[Si](C)(C)C#Cc1cc2cc3nc(cc4ccc(cc5nc(cc1[nH]2)C=C5)[nH]4)C=C3. The second kappa shape index (κ2) is 7.01. The molecule has 0 saturated heterocycles. The number of aromatic amines is 2. The fourth-order valence-corrected chi connectivity index (χ4v) is 3.89. The maximum Gasteiger partial charge on any atom is 0.129 e. The van der Waals surface area contributed by atoms with Crippen molar-refractivity contribution in [2.75, 3.05) is 0 Å². The van der Waals surface area contributed by atoms with Crippen LogP contribution in [0, 0.1) is 11.5 Å². The molecule has 8 bridgehead atoms. The molecule has 3 aromatic heterocycles. The van der Waals surface area contributed by atoms with Gasteiger partial charge in [0.15, 0.2) is 0 Å². The average Bonchev–Trinajstić information content (AvgIpc) is 3.44. The summed E-state index contributed by atoms with van der Waals surface area (Å²) in [6.45, 7) is 6.76. The number of nitrogens with zero attached hydrogens (tertiary/aromatic N) is 2. The number of nitrogens with one attached hydrogen (secondary N) is 2. The minimum Gasteiger partial charge on any atom is -0.355 e. The zero-order valence-electron chi connectivity index (χ0n) is 17.2. The first-order valence-corrected chi connectivity index (χ1v) is 13.5. The highest BCUT2D eigenvalue weighted by molar-refractivity contribution is 6.83. The second-order valence-corrected chi connectivity index (χ2v) is 13.3. The normalized spacial score (nSPS) is 12.6. The van der Waals surface area contributed by atoms with Gasteiger partial charge in [-0.1, -0.05) is 25.6 Å². The molecule has 3 aromatic rings. The Morgan fingerprint density at radius 2 is 1.20 bits per heavy atom. The van der Waals surface area contributed by atoms with Gasteiger partial charge in [-0.05, 0) is 66.8 Å². The van der Waals surface area contributed by atoms with Crippen LogP contribution >= 0.6 is 0 Å². The minimum absolute atomic E-state index is 0.907. The molecular weight excluding hydrogens is 384 g/mol. The zero-order chi connectivity index (χ0) is 20.7. The molecule has 4 nitrogen and oxygen atoms in total. The second-order valence-electron chi connectivity index (χ2n) is 8.59. The summed E-state index contributed by atoms with van der Waals surface area (Å²) in [7, 11) is -1.48. The largest absolute Gasteiger partial charge is 0.355 e. The molecule has 5 heterocycles. The van der Waals surface area contributed by atoms with Crippen molar-refractivity contribution in [3.63, 3.8) is 0 Å². The van der Waals surface area contributed by atoms with Crippen LogP contribution in [0.3, 0.4) is 0 Å². The Hall–Kier alpha value is -3.62. The Balaban J connectivity index is 1.81. The lowest BCUT2D eigenvalue weighted by Crippen LogP contribution is -2.16. The van der Waals surface area contributed by atoms with Gasteiger partial charge in [0.25, 0.3) is 0 Å². The summed E-state index contributed by atoms with van der Waals surface area (Å²) in [5, 5.41) is 0. The number of hydrogen-bond acceptors (Lipinski definition) is 2. The van der Waals surface area contributed by atoms with Crippen LogP contribution in [0.5, 0.6) is 0 Å². The molecule has 0 saturated carbocycles. The maximum atomic E-state index is 4.75. The smallest absolute Gasteiger partial charge is 0.129 e. The first kappa shape index (κ1) is 18.4. The Labute approximate surface area is 176 Å². The van der Waals surface area contributed by atoms with E-state index in [1.165, 1.54) is 0 Å². The van der Waals surface area contributed by atoms with E-state index in [0.717, 1.165) is 50.4 Å². The van der Waals surface area contributed by atoms with E-state index < -0.39 is 8.07 Å². The number of fused-ring (bicyclic) bond motifs is 8. The molecule has 2 aliphatic heterocycles. The quantitative estimate of drug-likeness (QED) is 0.249. The first-order valence-electron chi connectivity index (χ1n) is 10.0. The van der Waals surface area contributed by atoms with Crippen LogP contribution < -0.4 is 0 Å². The fourth-order valence-electron chi connectivity index (χ4n) is 3.38. The van der Waals surface area contributed by atoms with Gasteiger partial charge in [-0.15, -0.1) is 5.54 Å². The Morgan fingerprint density at radius 1 is 0.667 bits per heavy atom. The molecule has 0 amide bonds. The fraction of sp³-hybridized carbons (Fsp3) is 0.120. The van der Waals surface area contributed by atoms with E-state index in [9.17, 15) is 0 Å². The van der Waals surface area contributed by atoms with Crippen molar-refractivity contribution in [2.45, 2.75) is 19.6 Å². The molecule has 5 heteroatoms. The van der Waals surface area contributed by atoms with Gasteiger partial charge in [-0.3, -0.25) is 0 Å². The molecule has 0 aromatic carbocycles. The highest BCUT2D eigenvalue weighted by Gasteiger charge is 2.09. The lowest BCUT2D eigenvalue weighted by molar-refractivity contribution is 1.31. The van der Waals surface area contributed by atoms with Crippen LogP contribution in [-0.4, -0.2) is 28.0 Å². The van der Waals surface area contributed by atoms with Crippen molar-refractivity contribution < 1.29 is 0 Å². The summed E-state index contributed by atoms with van der Waals surface area (Å²) in [5.74, 6) is 3.40. The molecule has 0 atom stereocenters. The average molecular weight is 407 g/mol. The van der Waals surface area contributed by atoms with Gasteiger partial charge in [0, 0.05) is 22.1 Å². The van der Waals surface area contributed by atoms with Crippen molar-refractivity contribution in [3.05, 3.63) is 70.8 Å². The van der Waals surface area contributed by atoms with Crippen LogP contribution in [0.2, 0.25) is 19.6 Å². The van der Waals surface area contributed by atoms with Crippen LogP contribution in [0.4, 0.5) is 0 Å². The first-order chi connectivity index (χ1) is 14.4. The summed E-state index contributed by atoms with van der Waals surface area (Å²) in [5.41, 5.74) is 12.1. The van der Waals surface area contributed by atoms with E-state index in [0.29, 0.717) is 0 Å². The Kier molecular flexibility index (Phi) is 4.30. The van der Waals surface area contributed by atoms with Crippen LogP contribution in [-0.2, 0) is 0 Å². The molecule has 30 heavy (non-hydrogen) atoms. The standard InChI is InChI=1S/C25H22N4Si/c1-30(2,3)11-10-17-12-24-15-22-7-6-20(27-22)13-18-4-5-19(26-18)14-21-8-9-23(28-21)16-25(17)29-24/h4-9,12-16,26,29H,1-3H3. The van der Waals surface area contributed by atoms with Gasteiger partial charge in [0.1, 0.15) is 8.07 Å². The number of aromatic nitrogens is 4. The van der Waals surface area contributed by atoms with Gasteiger partial charge in [0.2, 0.25) is 0 Å². The van der Waals surface area contributed by atoms with Crippen molar-refractivity contribution >= 4 is 54.4 Å². The van der Waals surface area contributed by atoms with Gasteiger partial charge >= 0.3 is 0 Å². The van der Waals surface area contributed by atoms with Crippen molar-refractivity contribution in [1.82, 2.24) is 19.9 Å². The maximum absolute atomic E-state index is 4.75. The predicted molar refractivity (Wildman–Crippen MR) is 129 cm³/mol. The number of hydrogen-bond donors (Lipinski definition) is 2. The van der Waals surface area contributed by atoms with Crippen molar-refractivity contribution in [3.8, 4) is 11.5 Å². The van der Waals surface area contributed by atoms with Crippen molar-refractivity contribution in [2.24, 2.45) is 0 Å². The van der Waals surface area contributed by atoms with Crippen molar-refractivity contribution in [1.29, 1.82) is 0 Å². The summed E-state index contributed by atoms with van der Waals surface area (Å²) in [6, 6.07) is 14.4. The van der Waals surface area contributed by atoms with Crippen LogP contribution in [0.15, 0.2) is 42.5 Å². The molecule has 5 rings (SSSR count). The summed E-state index contributed by atoms with van der Waals surface area (Å²) in [6.07, 6.45) is 8.12. The molecule has 2 aliphatic rings. The summed E-state index contributed by atoms with van der Waals surface area (Å²) < 4.78 is 0. The van der Waals surface area contributed by atoms with Gasteiger partial charge in [-0.25, -0.2) is 9.97 Å². The Bertz CT molecular complexity index is 1430. The van der Waals surface area contributed by atoms with Crippen LogP contribution in [0.25, 0.3) is 46.4 Å². The Morgan fingerprint density at radius 3 is 1.77 bits per heavy atom. The topological polar surface area (TPSA) is 57.4 Å². The number of rotatable bonds is 0. The lowest BCUT2D eigenvalue weighted by Gasteiger charge is -2.02. The van der Waals surface area contributed by atoms with Gasteiger partial charge in [0.05, 0.1) is 28.3 Å². The summed E-state index contributed by atoms with van der Waals surface area (Å²) in [4.78, 5) is 16.4. The minimum atomic E-state index is -1.48. The third-order valence-electron chi connectivity index (χ3n) is 4.74. The monoisotopic (exact) mass is 406 g/mol. The molecule has 0 radical (unpaired) electrons. The zero-order valence-corrected chi connectivity index (χ0v) is 18.2. The lowest BCUT2D eigenvalue weighted by atomic mass is 10.2. The molecule has 2 N–H and O–H groups in total. The highest BCUT2D eigenvalue weighted by Crippen LogP contribution is 2.19. The molecule has 0 fully saturated rings. The van der Waals surface area contributed by atoms with E-state index in [4.69, 9.17) is 9.97 Å². The van der Waals surface area contributed by atoms with Crippen LogP contribution in [0.1, 0.15) is 28.3 Å². The van der Waals surface area contributed by atoms with E-state index in [2.05, 4.69) is 71.4 Å². The van der Waals surface area contributed by atoms with E-state index in [-0.39, 0.29) is 0 Å². The molecule has 0 spiro atoms. The van der Waals surface area contributed by atoms with E-state index in [1.54, 1.807) is 0 Å². The van der Waals surface area contributed by atoms with Gasteiger partial charge in [-0.2, -0.15) is 0 Å². The summed E-state index contributed by atoms with van der Waals surface area (Å²) >= 11 is 0. The number of H-pyrrole nitrogens is 2. The molecule has 0 unspecified atom stereocenters. The molecular formula is C25H22N4Si. The molecule has 146 valence electrons. The highest BCUT2D eigenvalue weighted by atomic mass is 28.3. The van der Waals surface area contributed by atoms with E-state index in [1.807, 2.05) is 36.4 Å². The third kappa shape index (κ3) is 4.05. The van der Waals surface area contributed by atoms with Gasteiger partial charge < -0.3 is 9.97 Å². The molecule has 0 aliphatic carbocycles. The van der Waals surface area contributed by atoms with E-state index >= 15 is 0 Å².